The summed E-state index contributed by atoms with van der Waals surface area (Å²) in [6, 6.07) is 14.6. The molecule has 0 spiro atoms. The fraction of sp³-hybridized carbons (Fsp3) is 0.400. The molecule has 0 saturated heterocycles. The van der Waals surface area contributed by atoms with Crippen LogP contribution < -0.4 is 20.1 Å². The summed E-state index contributed by atoms with van der Waals surface area (Å²) in [5, 5.41) is 6.56. The molecule has 0 fully saturated rings. The Morgan fingerprint density at radius 1 is 1.10 bits per heavy atom. The number of fused-ring (bicyclic) bond motifs is 1. The molecule has 0 aliphatic carbocycles. The molecule has 0 aromatic heterocycles. The van der Waals surface area contributed by atoms with E-state index in [9.17, 15) is 4.79 Å². The monoisotopic (exact) mass is 406 g/mol. The number of carbonyl (C=O) groups is 1. The molecule has 5 heteroatoms. The number of benzene rings is 2. The maximum atomic E-state index is 12.0. The van der Waals surface area contributed by atoms with E-state index < -0.39 is 0 Å². The van der Waals surface area contributed by atoms with E-state index >= 15 is 0 Å². The Morgan fingerprint density at radius 2 is 1.90 bits per heavy atom. The average Bonchev–Trinajstić information content (AvgIpc) is 3.02. The predicted molar refractivity (Wildman–Crippen MR) is 119 cm³/mol. The lowest BCUT2D eigenvalue weighted by molar-refractivity contribution is 0.0965. The number of nitrogens with one attached hydrogen (secondary N) is 2. The maximum absolute atomic E-state index is 12.0. The molecular weight excluding hydrogens is 376 g/mol. The second-order valence-electron chi connectivity index (χ2n) is 7.99. The number of ether oxygens (including phenoxy) is 2. The second-order valence-corrected chi connectivity index (χ2v) is 7.99. The van der Waals surface area contributed by atoms with Gasteiger partial charge in [0.1, 0.15) is 18.1 Å². The first-order valence-electron chi connectivity index (χ1n) is 10.8. The lowest BCUT2D eigenvalue weighted by atomic mass is 9.94. The van der Waals surface area contributed by atoms with Gasteiger partial charge in [-0.1, -0.05) is 31.5 Å². The van der Waals surface area contributed by atoms with E-state index in [1.807, 2.05) is 30.3 Å². The van der Waals surface area contributed by atoms with Crippen molar-refractivity contribution >= 4 is 11.5 Å². The number of hydrogen-bond donors (Lipinski definition) is 2. The summed E-state index contributed by atoms with van der Waals surface area (Å²) in [6.07, 6.45) is 4.25. The minimum absolute atomic E-state index is 0.0183. The van der Waals surface area contributed by atoms with Crippen molar-refractivity contribution in [2.45, 2.75) is 45.2 Å². The normalized spacial score (nSPS) is 18.6. The number of rotatable bonds is 7. The summed E-state index contributed by atoms with van der Waals surface area (Å²) in [6.45, 7) is 4.33. The number of amides is 1. The van der Waals surface area contributed by atoms with E-state index in [2.05, 4.69) is 29.7 Å². The lowest BCUT2D eigenvalue weighted by Gasteiger charge is -2.18. The molecule has 0 unspecified atom stereocenters. The van der Waals surface area contributed by atoms with Crippen molar-refractivity contribution in [3.63, 3.8) is 0 Å². The number of carbonyl (C=O) groups excluding carboxylic acids is 1. The van der Waals surface area contributed by atoms with Gasteiger partial charge < -0.3 is 20.1 Å². The first-order valence-corrected chi connectivity index (χ1v) is 10.8. The molecule has 2 heterocycles. The van der Waals surface area contributed by atoms with Crippen molar-refractivity contribution < 1.29 is 14.3 Å². The number of methoxy groups -OCH3 is 1. The zero-order valence-corrected chi connectivity index (χ0v) is 17.8. The van der Waals surface area contributed by atoms with Crippen LogP contribution in [-0.4, -0.2) is 32.2 Å². The lowest BCUT2D eigenvalue weighted by Crippen LogP contribution is -2.29. The quantitative estimate of drug-likeness (QED) is 0.719. The van der Waals surface area contributed by atoms with Crippen LogP contribution in [0.15, 0.2) is 48.0 Å². The third kappa shape index (κ3) is 4.51. The summed E-state index contributed by atoms with van der Waals surface area (Å²) in [4.78, 5) is 12.0. The van der Waals surface area contributed by atoms with E-state index in [1.165, 1.54) is 16.7 Å². The third-order valence-electron chi connectivity index (χ3n) is 5.98. The highest BCUT2D eigenvalue weighted by atomic mass is 16.5. The molecule has 30 heavy (non-hydrogen) atoms. The van der Waals surface area contributed by atoms with Crippen molar-refractivity contribution in [2.24, 2.45) is 0 Å². The molecule has 1 atom stereocenters. The van der Waals surface area contributed by atoms with Crippen LogP contribution in [0.25, 0.3) is 5.57 Å². The fourth-order valence-electron chi connectivity index (χ4n) is 4.36. The Kier molecular flexibility index (Phi) is 6.38. The van der Waals surface area contributed by atoms with Gasteiger partial charge in [-0.15, -0.1) is 0 Å². The smallest absolute Gasteiger partial charge is 0.252 e. The van der Waals surface area contributed by atoms with Gasteiger partial charge in [-0.25, -0.2) is 0 Å². The minimum atomic E-state index is -0.0183. The Bertz CT molecular complexity index is 934. The van der Waals surface area contributed by atoms with Crippen LogP contribution >= 0.6 is 0 Å². The van der Waals surface area contributed by atoms with Crippen LogP contribution in [0.2, 0.25) is 0 Å². The summed E-state index contributed by atoms with van der Waals surface area (Å²) in [5.74, 6) is 1.59. The number of hydrogen-bond acceptors (Lipinski definition) is 4. The molecule has 158 valence electrons. The van der Waals surface area contributed by atoms with Gasteiger partial charge in [-0.05, 0) is 72.3 Å². The summed E-state index contributed by atoms with van der Waals surface area (Å²) in [7, 11) is 1.69. The Morgan fingerprint density at radius 3 is 2.67 bits per heavy atom. The van der Waals surface area contributed by atoms with Crippen LogP contribution in [0.3, 0.4) is 0 Å². The third-order valence-corrected chi connectivity index (χ3v) is 5.98. The van der Waals surface area contributed by atoms with Gasteiger partial charge in [0.05, 0.1) is 7.11 Å². The van der Waals surface area contributed by atoms with Gasteiger partial charge in [0.25, 0.3) is 5.91 Å². The largest absolute Gasteiger partial charge is 0.497 e. The van der Waals surface area contributed by atoms with Crippen LogP contribution in [0.1, 0.15) is 54.1 Å². The van der Waals surface area contributed by atoms with Crippen LogP contribution in [0, 0.1) is 0 Å². The van der Waals surface area contributed by atoms with Crippen molar-refractivity contribution in [3.8, 4) is 11.5 Å². The fourth-order valence-corrected chi connectivity index (χ4v) is 4.36. The van der Waals surface area contributed by atoms with Gasteiger partial charge >= 0.3 is 0 Å². The van der Waals surface area contributed by atoms with Gasteiger partial charge in [0, 0.05) is 18.2 Å². The highest BCUT2D eigenvalue weighted by Gasteiger charge is 2.21. The molecular formula is C25H30N2O3. The SMILES string of the molecule is CCC[C@H]1CC(COc2ccc3c(c2)C(=O)NC3)=C(c2ccc(OC)cc2)CCN1. The predicted octanol–water partition coefficient (Wildman–Crippen LogP) is 4.32. The van der Waals surface area contributed by atoms with Crippen molar-refractivity contribution in [1.29, 1.82) is 0 Å². The molecule has 4 rings (SSSR count). The van der Waals surface area contributed by atoms with Crippen molar-refractivity contribution in [3.05, 3.63) is 64.7 Å². The molecule has 2 aliphatic heterocycles. The molecule has 1 amide bonds. The summed E-state index contributed by atoms with van der Waals surface area (Å²) >= 11 is 0. The van der Waals surface area contributed by atoms with Gasteiger partial charge in [-0.2, -0.15) is 0 Å². The van der Waals surface area contributed by atoms with Crippen molar-refractivity contribution in [2.75, 3.05) is 20.3 Å². The molecule has 2 N–H and O–H groups in total. The van der Waals surface area contributed by atoms with Gasteiger partial charge in [0.2, 0.25) is 0 Å². The van der Waals surface area contributed by atoms with E-state index in [0.29, 0.717) is 19.2 Å². The molecule has 0 radical (unpaired) electrons. The summed E-state index contributed by atoms with van der Waals surface area (Å²) < 4.78 is 11.5. The summed E-state index contributed by atoms with van der Waals surface area (Å²) in [5.41, 5.74) is 5.66. The first kappa shape index (κ1) is 20.5. The molecule has 2 aromatic rings. The first-order chi connectivity index (χ1) is 14.7. The topological polar surface area (TPSA) is 59.6 Å². The minimum Gasteiger partial charge on any atom is -0.497 e. The van der Waals surface area contributed by atoms with Gasteiger partial charge in [0.15, 0.2) is 0 Å². The molecule has 5 nitrogen and oxygen atoms in total. The van der Waals surface area contributed by atoms with E-state index in [0.717, 1.165) is 54.9 Å². The highest BCUT2D eigenvalue weighted by molar-refractivity contribution is 5.98. The Balaban J connectivity index is 1.59. The van der Waals surface area contributed by atoms with Crippen LogP contribution in [0.4, 0.5) is 0 Å². The Hall–Kier alpha value is -2.79. The Labute approximate surface area is 178 Å². The molecule has 0 saturated carbocycles. The highest BCUT2D eigenvalue weighted by Crippen LogP contribution is 2.30. The maximum Gasteiger partial charge on any atom is 0.252 e. The molecule has 2 aromatic carbocycles. The van der Waals surface area contributed by atoms with E-state index in [1.54, 1.807) is 7.11 Å². The van der Waals surface area contributed by atoms with Crippen LogP contribution in [0.5, 0.6) is 11.5 Å². The second kappa shape index (κ2) is 9.35. The van der Waals surface area contributed by atoms with E-state index in [-0.39, 0.29) is 5.91 Å². The van der Waals surface area contributed by atoms with Gasteiger partial charge in [-0.3, -0.25) is 4.79 Å². The molecule has 2 aliphatic rings. The standard InChI is InChI=1S/C25H30N2O3/c1-3-4-20-13-19(16-30-22-10-7-18-15-27-25(28)24(18)14-22)23(11-12-26-20)17-5-8-21(29-2)9-6-17/h5-10,14,20,26H,3-4,11-13,15-16H2,1-2H3,(H,27,28)/t20-/m0/s1. The molecule has 0 bridgehead atoms. The van der Waals surface area contributed by atoms with Crippen LogP contribution in [-0.2, 0) is 6.54 Å². The zero-order valence-electron chi connectivity index (χ0n) is 17.8. The van der Waals surface area contributed by atoms with E-state index in [4.69, 9.17) is 9.47 Å². The average molecular weight is 407 g/mol. The van der Waals surface area contributed by atoms with Crippen molar-refractivity contribution in [1.82, 2.24) is 10.6 Å². The zero-order chi connectivity index (χ0) is 20.9.